The van der Waals surface area contributed by atoms with Crippen molar-refractivity contribution < 1.29 is 14.3 Å². The molecule has 1 aliphatic heterocycles. The van der Waals surface area contributed by atoms with Crippen LogP contribution in [0.2, 0.25) is 0 Å². The lowest BCUT2D eigenvalue weighted by atomic mass is 9.81. The lowest BCUT2D eigenvalue weighted by Gasteiger charge is -2.42. The van der Waals surface area contributed by atoms with E-state index in [1.165, 1.54) is 37.0 Å². The Bertz CT molecular complexity index is 829. The van der Waals surface area contributed by atoms with Gasteiger partial charge >= 0.3 is 5.97 Å². The number of esters is 1. The van der Waals surface area contributed by atoms with E-state index in [-0.39, 0.29) is 23.7 Å². The second kappa shape index (κ2) is 8.45. The predicted molar refractivity (Wildman–Crippen MR) is 114 cm³/mol. The van der Waals surface area contributed by atoms with Crippen LogP contribution in [-0.2, 0) is 26.3 Å². The van der Waals surface area contributed by atoms with Crippen molar-refractivity contribution in [3.05, 3.63) is 16.0 Å². The molecule has 1 fully saturated rings. The third-order valence-corrected chi connectivity index (χ3v) is 7.28. The average molecular weight is 418 g/mol. The number of nitrogens with one attached hydrogen (secondary N) is 2. The molecule has 1 saturated carbocycles. The Kier molecular flexibility index (Phi) is 6.35. The first kappa shape index (κ1) is 21.8. The van der Waals surface area contributed by atoms with Crippen LogP contribution in [0.1, 0.15) is 82.2 Å². The summed E-state index contributed by atoms with van der Waals surface area (Å²) in [4.78, 5) is 25.3. The van der Waals surface area contributed by atoms with Crippen molar-refractivity contribution >= 4 is 28.2 Å². The SMILES string of the molecule is CC1(C)Cc2c(sc(NC(=O)COC(=O)CCC3CCCC3)c2C#N)C(C)(C)N1. The maximum Gasteiger partial charge on any atom is 0.306 e. The summed E-state index contributed by atoms with van der Waals surface area (Å²) >= 11 is 1.43. The molecular formula is C22H31N3O3S. The van der Waals surface area contributed by atoms with Crippen LogP contribution in [0, 0.1) is 17.2 Å². The molecule has 0 saturated heterocycles. The zero-order valence-electron chi connectivity index (χ0n) is 17.8. The monoisotopic (exact) mass is 417 g/mol. The van der Waals surface area contributed by atoms with Gasteiger partial charge in [0.25, 0.3) is 5.91 Å². The molecule has 1 aliphatic carbocycles. The van der Waals surface area contributed by atoms with Crippen LogP contribution in [0.3, 0.4) is 0 Å². The number of anilines is 1. The first-order valence-electron chi connectivity index (χ1n) is 10.4. The molecule has 1 aromatic heterocycles. The number of ether oxygens (including phenoxy) is 1. The first-order chi connectivity index (χ1) is 13.6. The van der Waals surface area contributed by atoms with E-state index in [0.717, 1.165) is 23.3 Å². The Morgan fingerprint density at radius 2 is 1.97 bits per heavy atom. The highest BCUT2D eigenvalue weighted by Gasteiger charge is 2.40. The summed E-state index contributed by atoms with van der Waals surface area (Å²) in [5.74, 6) is -0.113. The number of rotatable bonds is 6. The molecule has 0 atom stereocenters. The van der Waals surface area contributed by atoms with Crippen LogP contribution in [-0.4, -0.2) is 24.0 Å². The third-order valence-electron chi connectivity index (χ3n) is 5.80. The molecule has 0 bridgehead atoms. The standard InChI is InChI=1S/C22H31N3O3S/c1-21(2)11-15-16(12-23)20(29-19(15)22(3,4)25-21)24-17(26)13-28-18(27)10-9-14-7-5-6-8-14/h14,25H,5-11,13H2,1-4H3,(H,24,26). The number of carbonyl (C=O) groups excluding carboxylic acids is 2. The number of carbonyl (C=O) groups is 2. The smallest absolute Gasteiger partial charge is 0.306 e. The van der Waals surface area contributed by atoms with Crippen LogP contribution in [0.15, 0.2) is 0 Å². The second-order valence-corrected chi connectivity index (χ2v) is 10.5. The van der Waals surface area contributed by atoms with E-state index in [1.54, 1.807) is 0 Å². The van der Waals surface area contributed by atoms with Gasteiger partial charge in [0.1, 0.15) is 11.1 Å². The van der Waals surface area contributed by atoms with E-state index in [2.05, 4.69) is 44.4 Å². The molecule has 6 nitrogen and oxygen atoms in total. The number of hydrogen-bond donors (Lipinski definition) is 2. The number of nitriles is 1. The quantitative estimate of drug-likeness (QED) is 0.676. The molecule has 0 aromatic carbocycles. The minimum atomic E-state index is -0.403. The fourth-order valence-electron chi connectivity index (χ4n) is 4.74. The Morgan fingerprint density at radius 1 is 1.28 bits per heavy atom. The molecule has 29 heavy (non-hydrogen) atoms. The van der Waals surface area contributed by atoms with Crippen molar-refractivity contribution in [3.8, 4) is 6.07 Å². The van der Waals surface area contributed by atoms with Gasteiger partial charge in [0.05, 0.1) is 5.56 Å². The van der Waals surface area contributed by atoms with E-state index >= 15 is 0 Å². The van der Waals surface area contributed by atoms with Crippen LogP contribution >= 0.6 is 11.3 Å². The summed E-state index contributed by atoms with van der Waals surface area (Å²) in [6.07, 6.45) is 6.80. The molecule has 7 heteroatoms. The Labute approximate surface area is 177 Å². The van der Waals surface area contributed by atoms with Crippen molar-refractivity contribution in [3.63, 3.8) is 0 Å². The molecule has 1 amide bonds. The number of hydrogen-bond acceptors (Lipinski definition) is 6. The van der Waals surface area contributed by atoms with Gasteiger partial charge in [0.2, 0.25) is 0 Å². The van der Waals surface area contributed by atoms with Gasteiger partial charge in [-0.3, -0.25) is 9.59 Å². The predicted octanol–water partition coefficient (Wildman–Crippen LogP) is 4.23. The highest BCUT2D eigenvalue weighted by atomic mass is 32.1. The topological polar surface area (TPSA) is 91.2 Å². The molecule has 0 spiro atoms. The Morgan fingerprint density at radius 3 is 2.62 bits per heavy atom. The maximum atomic E-state index is 12.3. The van der Waals surface area contributed by atoms with Crippen molar-refractivity contribution in [2.45, 2.75) is 83.7 Å². The van der Waals surface area contributed by atoms with Gasteiger partial charge < -0.3 is 15.4 Å². The normalized spacial score (nSPS) is 20.0. The minimum absolute atomic E-state index is 0.140. The highest BCUT2D eigenvalue weighted by molar-refractivity contribution is 7.17. The van der Waals surface area contributed by atoms with E-state index in [4.69, 9.17) is 4.74 Å². The fourth-order valence-corrected chi connectivity index (χ4v) is 5.98. The van der Waals surface area contributed by atoms with Crippen LogP contribution < -0.4 is 10.6 Å². The van der Waals surface area contributed by atoms with Gasteiger partial charge in [-0.05, 0) is 52.0 Å². The summed E-state index contributed by atoms with van der Waals surface area (Å²) in [5, 5.41) is 16.6. The Hall–Kier alpha value is -1.91. The van der Waals surface area contributed by atoms with Gasteiger partial charge in [0, 0.05) is 22.4 Å². The molecule has 0 radical (unpaired) electrons. The zero-order valence-corrected chi connectivity index (χ0v) is 18.6. The second-order valence-electron chi connectivity index (χ2n) is 9.43. The van der Waals surface area contributed by atoms with Crippen LogP contribution in [0.5, 0.6) is 0 Å². The summed E-state index contributed by atoms with van der Waals surface area (Å²) < 4.78 is 5.14. The molecule has 3 rings (SSSR count). The molecular weight excluding hydrogens is 386 g/mol. The average Bonchev–Trinajstić information content (AvgIpc) is 3.24. The first-order valence-corrected chi connectivity index (χ1v) is 11.2. The number of thiophene rings is 1. The molecule has 1 aromatic rings. The van der Waals surface area contributed by atoms with E-state index in [9.17, 15) is 14.9 Å². The largest absolute Gasteiger partial charge is 0.456 e. The van der Waals surface area contributed by atoms with Gasteiger partial charge in [-0.2, -0.15) is 5.26 Å². The summed E-state index contributed by atoms with van der Waals surface area (Å²) in [7, 11) is 0. The zero-order chi connectivity index (χ0) is 21.2. The van der Waals surface area contributed by atoms with E-state index < -0.39 is 5.91 Å². The molecule has 0 unspecified atom stereocenters. The highest BCUT2D eigenvalue weighted by Crippen LogP contribution is 2.44. The lowest BCUT2D eigenvalue weighted by molar-refractivity contribution is -0.147. The maximum absolute atomic E-state index is 12.3. The lowest BCUT2D eigenvalue weighted by Crippen LogP contribution is -2.54. The number of amides is 1. The van der Waals surface area contributed by atoms with Crippen molar-refractivity contribution in [2.75, 3.05) is 11.9 Å². The number of nitrogens with zero attached hydrogens (tertiary/aromatic N) is 1. The van der Waals surface area contributed by atoms with Crippen molar-refractivity contribution in [1.82, 2.24) is 5.32 Å². The molecule has 2 heterocycles. The van der Waals surface area contributed by atoms with Gasteiger partial charge in [0.15, 0.2) is 6.61 Å². The van der Waals surface area contributed by atoms with Gasteiger partial charge in [-0.25, -0.2) is 0 Å². The third kappa shape index (κ3) is 5.18. The van der Waals surface area contributed by atoms with Crippen molar-refractivity contribution in [1.29, 1.82) is 5.26 Å². The number of fused-ring (bicyclic) bond motifs is 1. The molecule has 158 valence electrons. The van der Waals surface area contributed by atoms with Crippen molar-refractivity contribution in [2.24, 2.45) is 5.92 Å². The summed E-state index contributed by atoms with van der Waals surface area (Å²) in [6, 6.07) is 2.26. The fraction of sp³-hybridized carbons (Fsp3) is 0.682. The Balaban J connectivity index is 1.60. The van der Waals surface area contributed by atoms with Gasteiger partial charge in [-0.1, -0.05) is 25.7 Å². The van der Waals surface area contributed by atoms with Crippen LogP contribution in [0.25, 0.3) is 0 Å². The molecule has 2 aliphatic rings. The minimum Gasteiger partial charge on any atom is -0.456 e. The van der Waals surface area contributed by atoms with E-state index in [1.807, 2.05) is 0 Å². The summed E-state index contributed by atoms with van der Waals surface area (Å²) in [5.41, 5.74) is 1.09. The molecule has 2 N–H and O–H groups in total. The summed E-state index contributed by atoms with van der Waals surface area (Å²) in [6.45, 7) is 8.08. The van der Waals surface area contributed by atoms with Gasteiger partial charge in [-0.15, -0.1) is 11.3 Å². The van der Waals surface area contributed by atoms with E-state index in [0.29, 0.717) is 22.9 Å². The van der Waals surface area contributed by atoms with Crippen LogP contribution in [0.4, 0.5) is 5.00 Å².